The first-order valence-electron chi connectivity index (χ1n) is 4.15. The third-order valence-corrected chi connectivity index (χ3v) is 3.75. The molecule has 0 spiro atoms. The molecule has 2 aliphatic rings. The van der Waals surface area contributed by atoms with Gasteiger partial charge in [0.1, 0.15) is 0 Å². The number of hydrogen-bond acceptors (Lipinski definition) is 2. The Kier molecular flexibility index (Phi) is 2.98. The Balaban J connectivity index is 2.28. The van der Waals surface area contributed by atoms with Gasteiger partial charge in [0.2, 0.25) is 0 Å². The van der Waals surface area contributed by atoms with E-state index in [9.17, 15) is 0 Å². The van der Waals surface area contributed by atoms with Crippen LogP contribution < -0.4 is 10.3 Å². The van der Waals surface area contributed by atoms with E-state index in [0.717, 1.165) is 0 Å². The quantitative estimate of drug-likeness (QED) is 0.667. The summed E-state index contributed by atoms with van der Waals surface area (Å²) in [5.41, 5.74) is 2.40. The van der Waals surface area contributed by atoms with Crippen LogP contribution in [0.4, 0.5) is 0 Å². The lowest BCUT2D eigenvalue weighted by Gasteiger charge is -2.09. The number of allylic oxidation sites excluding steroid dienone is 6. The number of hydrogen-bond donors (Lipinski definition) is 2. The van der Waals surface area contributed by atoms with Crippen molar-refractivity contribution in [1.82, 2.24) is 0 Å². The van der Waals surface area contributed by atoms with Crippen molar-refractivity contribution in [2.24, 2.45) is 10.3 Å². The van der Waals surface area contributed by atoms with E-state index in [4.69, 9.17) is 10.3 Å². The van der Waals surface area contributed by atoms with Crippen molar-refractivity contribution in [2.75, 3.05) is 0 Å². The van der Waals surface area contributed by atoms with Crippen molar-refractivity contribution in [3.8, 4) is 0 Å². The molecular formula is C10H12N2S2. The summed E-state index contributed by atoms with van der Waals surface area (Å²) >= 11 is 0. The number of rotatable bonds is 1. The van der Waals surface area contributed by atoms with Crippen molar-refractivity contribution >= 4 is 32.1 Å². The lowest BCUT2D eigenvalue weighted by atomic mass is 10.1. The highest BCUT2D eigenvalue weighted by molar-refractivity contribution is 8.16. The summed E-state index contributed by atoms with van der Waals surface area (Å²) in [6, 6.07) is 0. The second-order valence-electron chi connectivity index (χ2n) is 2.94. The van der Waals surface area contributed by atoms with E-state index in [1.54, 1.807) is 0 Å². The largest absolute Gasteiger partial charge is 0.280 e. The highest BCUT2D eigenvalue weighted by Gasteiger charge is 2.02. The van der Waals surface area contributed by atoms with Gasteiger partial charge in [0, 0.05) is 0 Å². The molecule has 0 bridgehead atoms. The van der Waals surface area contributed by atoms with Crippen LogP contribution in [-0.2, 0) is 0 Å². The van der Waals surface area contributed by atoms with Gasteiger partial charge in [-0.1, -0.05) is 21.3 Å². The lowest BCUT2D eigenvalue weighted by molar-refractivity contribution is 1.58. The average Bonchev–Trinajstić information content (AvgIpc) is 2.21. The first kappa shape index (κ1) is 9.86. The summed E-state index contributed by atoms with van der Waals surface area (Å²) in [7, 11) is -0.378. The van der Waals surface area contributed by atoms with E-state index >= 15 is 0 Å². The van der Waals surface area contributed by atoms with Crippen LogP contribution in [0.5, 0.6) is 0 Å². The molecule has 0 aliphatic carbocycles. The summed E-state index contributed by atoms with van der Waals surface area (Å²) < 4.78 is 0. The van der Waals surface area contributed by atoms with E-state index in [-0.39, 0.29) is 21.3 Å². The van der Waals surface area contributed by atoms with Crippen molar-refractivity contribution in [3.63, 3.8) is 0 Å². The maximum Gasteiger partial charge on any atom is -0.0173 e. The molecule has 0 aromatic heterocycles. The fraction of sp³-hybridized carbons (Fsp3) is 0. The fourth-order valence-electron chi connectivity index (χ4n) is 1.19. The molecule has 4 N–H and O–H groups in total. The second kappa shape index (κ2) is 4.23. The lowest BCUT2D eigenvalue weighted by Crippen LogP contribution is -1.95. The van der Waals surface area contributed by atoms with Gasteiger partial charge in [-0.25, -0.2) is 0 Å². The van der Waals surface area contributed by atoms with Gasteiger partial charge in [-0.2, -0.15) is 0 Å². The fourth-order valence-corrected chi connectivity index (χ4v) is 2.59. The van der Waals surface area contributed by atoms with Crippen LogP contribution in [0.15, 0.2) is 46.3 Å². The van der Waals surface area contributed by atoms with Gasteiger partial charge in [0.05, 0.1) is 0 Å². The number of nitrogens with two attached hydrogens (primary N) is 2. The standard InChI is InChI=1S/C10H12N2S2/c11-13-5-1-9(2-6-13)10-3-7-14(12)8-4-10/h1-8H,11-12H2. The summed E-state index contributed by atoms with van der Waals surface area (Å²) in [5.74, 6) is 0. The molecule has 0 saturated heterocycles. The van der Waals surface area contributed by atoms with Crippen LogP contribution in [-0.4, -0.2) is 10.7 Å². The molecule has 0 aromatic rings. The minimum atomic E-state index is -0.189. The maximum atomic E-state index is 5.73. The predicted octanol–water partition coefficient (Wildman–Crippen LogP) is 1.78. The second-order valence-corrected chi connectivity index (χ2v) is 5.66. The van der Waals surface area contributed by atoms with E-state index in [1.807, 2.05) is 21.6 Å². The molecule has 4 heteroatoms. The Morgan fingerprint density at radius 2 is 1.21 bits per heavy atom. The van der Waals surface area contributed by atoms with Crippen LogP contribution in [0.25, 0.3) is 0 Å². The Morgan fingerprint density at radius 3 is 1.50 bits per heavy atom. The summed E-state index contributed by atoms with van der Waals surface area (Å²) in [4.78, 5) is 0. The van der Waals surface area contributed by atoms with Gasteiger partial charge in [-0.3, -0.25) is 10.3 Å². The topological polar surface area (TPSA) is 52.0 Å². The normalized spacial score (nSPS) is 30.1. The Hall–Kier alpha value is -0.680. The SMILES string of the molecule is NS1=CC=C(C2=CC=S(N)C=C2)C=C1. The first-order chi connectivity index (χ1) is 6.75. The van der Waals surface area contributed by atoms with E-state index in [1.165, 1.54) is 11.1 Å². The van der Waals surface area contributed by atoms with Crippen molar-refractivity contribution in [1.29, 1.82) is 0 Å². The molecule has 2 rings (SSSR count). The maximum absolute atomic E-state index is 5.73. The van der Waals surface area contributed by atoms with Crippen LogP contribution in [0.3, 0.4) is 0 Å². The van der Waals surface area contributed by atoms with Crippen LogP contribution in [0.2, 0.25) is 0 Å². The Bertz CT molecular complexity index is 395. The molecule has 2 nitrogen and oxygen atoms in total. The minimum absolute atomic E-state index is 0.189. The van der Waals surface area contributed by atoms with Gasteiger partial charge in [0.15, 0.2) is 0 Å². The van der Waals surface area contributed by atoms with Gasteiger partial charge >= 0.3 is 0 Å². The molecule has 14 heavy (non-hydrogen) atoms. The summed E-state index contributed by atoms with van der Waals surface area (Å²) in [5, 5.41) is 19.5. The van der Waals surface area contributed by atoms with Crippen LogP contribution >= 0.6 is 21.3 Å². The molecule has 0 aromatic carbocycles. The molecule has 2 atom stereocenters. The zero-order valence-electron chi connectivity index (χ0n) is 7.59. The molecule has 0 radical (unpaired) electrons. The zero-order chi connectivity index (χ0) is 9.97. The summed E-state index contributed by atoms with van der Waals surface area (Å²) in [6.07, 6.45) is 8.25. The highest BCUT2D eigenvalue weighted by atomic mass is 32.2. The Labute approximate surface area is 88.8 Å². The molecule has 0 amide bonds. The molecule has 2 heterocycles. The third-order valence-electron chi connectivity index (χ3n) is 1.95. The van der Waals surface area contributed by atoms with E-state index < -0.39 is 0 Å². The minimum Gasteiger partial charge on any atom is -0.280 e. The van der Waals surface area contributed by atoms with Gasteiger partial charge < -0.3 is 0 Å². The van der Waals surface area contributed by atoms with E-state index in [0.29, 0.717) is 0 Å². The monoisotopic (exact) mass is 224 g/mol. The van der Waals surface area contributed by atoms with Crippen LogP contribution in [0.1, 0.15) is 0 Å². The van der Waals surface area contributed by atoms with Crippen LogP contribution in [0, 0.1) is 0 Å². The van der Waals surface area contributed by atoms with E-state index in [2.05, 4.69) is 24.3 Å². The molecule has 74 valence electrons. The highest BCUT2D eigenvalue weighted by Crippen LogP contribution is 2.22. The predicted molar refractivity (Wildman–Crippen MR) is 70.1 cm³/mol. The van der Waals surface area contributed by atoms with Gasteiger partial charge in [0.25, 0.3) is 0 Å². The van der Waals surface area contributed by atoms with Gasteiger partial charge in [-0.15, -0.1) is 0 Å². The van der Waals surface area contributed by atoms with Crippen molar-refractivity contribution < 1.29 is 0 Å². The smallest absolute Gasteiger partial charge is 0.0173 e. The molecule has 0 saturated carbocycles. The Morgan fingerprint density at radius 1 is 0.786 bits per heavy atom. The molecule has 2 unspecified atom stereocenters. The third kappa shape index (κ3) is 2.22. The van der Waals surface area contributed by atoms with Gasteiger partial charge in [-0.05, 0) is 57.0 Å². The summed E-state index contributed by atoms with van der Waals surface area (Å²) in [6.45, 7) is 0. The average molecular weight is 224 g/mol. The molecule has 2 aliphatic heterocycles. The van der Waals surface area contributed by atoms with Crippen molar-refractivity contribution in [3.05, 3.63) is 46.3 Å². The first-order valence-corrected chi connectivity index (χ1v) is 6.98. The van der Waals surface area contributed by atoms with Crippen molar-refractivity contribution in [2.45, 2.75) is 0 Å². The molecular weight excluding hydrogens is 212 g/mol. The zero-order valence-corrected chi connectivity index (χ0v) is 9.22. The molecule has 0 fully saturated rings.